The highest BCUT2D eigenvalue weighted by Crippen LogP contribution is 2.51. The van der Waals surface area contributed by atoms with Crippen LogP contribution >= 0.6 is 0 Å². The Bertz CT molecular complexity index is 385. The molecule has 4 nitrogen and oxygen atoms in total. The standard InChI is InChI=1S/C13H18O4/c1-13(2)16-10-6-9-7(11(10)17-13)4-5-8(9)12(14)15-3/h5,7,9-11H,4,6H2,1-3H3/t7-,9-,10-,11+/m1/s1. The van der Waals surface area contributed by atoms with Gasteiger partial charge >= 0.3 is 5.97 Å². The minimum Gasteiger partial charge on any atom is -0.466 e. The molecule has 3 rings (SSSR count). The van der Waals surface area contributed by atoms with E-state index in [1.165, 1.54) is 7.11 Å². The van der Waals surface area contributed by atoms with Crippen LogP contribution in [0.15, 0.2) is 11.6 Å². The third-order valence-corrected chi connectivity index (χ3v) is 4.08. The highest BCUT2D eigenvalue weighted by molar-refractivity contribution is 5.89. The van der Waals surface area contributed by atoms with Crippen molar-refractivity contribution in [3.05, 3.63) is 11.6 Å². The van der Waals surface area contributed by atoms with Crippen LogP contribution in [0.5, 0.6) is 0 Å². The van der Waals surface area contributed by atoms with Gasteiger partial charge in [-0.25, -0.2) is 4.79 Å². The van der Waals surface area contributed by atoms with Gasteiger partial charge in [0.1, 0.15) is 0 Å². The lowest BCUT2D eigenvalue weighted by Gasteiger charge is -2.23. The molecule has 2 aliphatic carbocycles. The number of allylic oxidation sites excluding steroid dienone is 1. The predicted octanol–water partition coefficient (Wildman–Crippen LogP) is 1.65. The van der Waals surface area contributed by atoms with E-state index in [2.05, 4.69) is 0 Å². The molecule has 1 aliphatic heterocycles. The minimum atomic E-state index is -0.478. The summed E-state index contributed by atoms with van der Waals surface area (Å²) in [6.07, 6.45) is 4.04. The van der Waals surface area contributed by atoms with Crippen molar-refractivity contribution in [1.82, 2.24) is 0 Å². The molecule has 2 fully saturated rings. The van der Waals surface area contributed by atoms with E-state index < -0.39 is 5.79 Å². The topological polar surface area (TPSA) is 44.8 Å². The molecular formula is C13H18O4. The monoisotopic (exact) mass is 238 g/mol. The fraction of sp³-hybridized carbons (Fsp3) is 0.769. The quantitative estimate of drug-likeness (QED) is 0.651. The maximum Gasteiger partial charge on any atom is 0.333 e. The summed E-state index contributed by atoms with van der Waals surface area (Å²) >= 11 is 0. The average Bonchev–Trinajstić information content (AvgIpc) is 2.85. The summed E-state index contributed by atoms with van der Waals surface area (Å²) in [5.41, 5.74) is 0.817. The van der Waals surface area contributed by atoms with Crippen LogP contribution in [0.25, 0.3) is 0 Å². The third-order valence-electron chi connectivity index (χ3n) is 4.08. The lowest BCUT2D eigenvalue weighted by molar-refractivity contribution is -0.158. The summed E-state index contributed by atoms with van der Waals surface area (Å²) in [4.78, 5) is 11.6. The zero-order valence-corrected chi connectivity index (χ0v) is 10.4. The minimum absolute atomic E-state index is 0.133. The fourth-order valence-electron chi connectivity index (χ4n) is 3.49. The second kappa shape index (κ2) is 3.56. The van der Waals surface area contributed by atoms with Crippen molar-refractivity contribution in [2.75, 3.05) is 7.11 Å². The van der Waals surface area contributed by atoms with Gasteiger partial charge in [0.15, 0.2) is 5.79 Å². The maximum atomic E-state index is 11.6. The zero-order chi connectivity index (χ0) is 12.2. The number of hydrogen-bond donors (Lipinski definition) is 0. The van der Waals surface area contributed by atoms with Gasteiger partial charge in [-0.05, 0) is 38.5 Å². The molecule has 94 valence electrons. The molecule has 0 spiro atoms. The first-order valence-electron chi connectivity index (χ1n) is 6.16. The molecule has 1 saturated carbocycles. The Labute approximate surface area is 101 Å². The molecule has 0 aromatic heterocycles. The fourth-order valence-corrected chi connectivity index (χ4v) is 3.49. The van der Waals surface area contributed by atoms with Crippen molar-refractivity contribution >= 4 is 5.97 Å². The van der Waals surface area contributed by atoms with Crippen LogP contribution in [0.1, 0.15) is 26.7 Å². The number of esters is 1. The maximum absolute atomic E-state index is 11.6. The Kier molecular flexibility index (Phi) is 2.35. The van der Waals surface area contributed by atoms with E-state index in [1.54, 1.807) is 0 Å². The number of fused-ring (bicyclic) bond motifs is 3. The van der Waals surface area contributed by atoms with Gasteiger partial charge in [-0.15, -0.1) is 0 Å². The van der Waals surface area contributed by atoms with E-state index >= 15 is 0 Å². The average molecular weight is 238 g/mol. The van der Waals surface area contributed by atoms with Crippen molar-refractivity contribution in [2.45, 2.75) is 44.7 Å². The molecule has 3 aliphatic rings. The van der Waals surface area contributed by atoms with E-state index in [0.717, 1.165) is 18.4 Å². The number of hydrogen-bond acceptors (Lipinski definition) is 4. The molecule has 1 heterocycles. The van der Waals surface area contributed by atoms with Crippen LogP contribution in [-0.4, -0.2) is 31.1 Å². The summed E-state index contributed by atoms with van der Waals surface area (Å²) in [6.45, 7) is 3.90. The van der Waals surface area contributed by atoms with Crippen molar-refractivity contribution < 1.29 is 19.0 Å². The van der Waals surface area contributed by atoms with Gasteiger partial charge < -0.3 is 14.2 Å². The normalized spacial score (nSPS) is 41.9. The van der Waals surface area contributed by atoms with Gasteiger partial charge in [0, 0.05) is 5.57 Å². The Hall–Kier alpha value is -0.870. The first-order valence-corrected chi connectivity index (χ1v) is 6.16. The molecule has 0 N–H and O–H groups in total. The molecule has 0 radical (unpaired) electrons. The molecule has 4 atom stereocenters. The van der Waals surface area contributed by atoms with Crippen LogP contribution in [0.2, 0.25) is 0 Å². The second-order valence-electron chi connectivity index (χ2n) is 5.53. The van der Waals surface area contributed by atoms with Gasteiger partial charge in [0.25, 0.3) is 0 Å². The summed E-state index contributed by atoms with van der Waals surface area (Å²) in [5, 5.41) is 0. The Morgan fingerprint density at radius 1 is 1.47 bits per heavy atom. The lowest BCUT2D eigenvalue weighted by Crippen LogP contribution is -2.27. The molecule has 0 amide bonds. The Morgan fingerprint density at radius 2 is 2.24 bits per heavy atom. The van der Waals surface area contributed by atoms with Crippen LogP contribution in [0, 0.1) is 11.8 Å². The van der Waals surface area contributed by atoms with Crippen LogP contribution in [0.4, 0.5) is 0 Å². The van der Waals surface area contributed by atoms with Gasteiger partial charge in [0.2, 0.25) is 0 Å². The molecule has 0 unspecified atom stereocenters. The van der Waals surface area contributed by atoms with Crippen LogP contribution < -0.4 is 0 Å². The van der Waals surface area contributed by atoms with Crippen molar-refractivity contribution in [2.24, 2.45) is 11.8 Å². The summed E-state index contributed by atoms with van der Waals surface area (Å²) < 4.78 is 16.6. The van der Waals surface area contributed by atoms with Gasteiger partial charge in [-0.2, -0.15) is 0 Å². The summed E-state index contributed by atoms with van der Waals surface area (Å²) in [5.74, 6) is -0.0323. The largest absolute Gasteiger partial charge is 0.466 e. The van der Waals surface area contributed by atoms with Crippen molar-refractivity contribution in [3.63, 3.8) is 0 Å². The van der Waals surface area contributed by atoms with Crippen LogP contribution in [-0.2, 0) is 19.0 Å². The van der Waals surface area contributed by atoms with Crippen LogP contribution in [0.3, 0.4) is 0 Å². The number of carbonyl (C=O) groups excluding carboxylic acids is 1. The number of carbonyl (C=O) groups is 1. The molecule has 17 heavy (non-hydrogen) atoms. The molecule has 1 saturated heterocycles. The summed E-state index contributed by atoms with van der Waals surface area (Å²) in [6, 6.07) is 0. The highest BCUT2D eigenvalue weighted by atomic mass is 16.8. The molecule has 0 aromatic rings. The van der Waals surface area contributed by atoms with Gasteiger partial charge in [-0.3, -0.25) is 0 Å². The first kappa shape index (κ1) is 11.2. The highest BCUT2D eigenvalue weighted by Gasteiger charge is 2.56. The third kappa shape index (κ3) is 1.62. The van der Waals surface area contributed by atoms with E-state index in [9.17, 15) is 4.79 Å². The second-order valence-corrected chi connectivity index (χ2v) is 5.53. The van der Waals surface area contributed by atoms with Gasteiger partial charge in [0.05, 0.1) is 19.3 Å². The number of ether oxygens (including phenoxy) is 3. The molecular weight excluding hydrogens is 220 g/mol. The summed E-state index contributed by atoms with van der Waals surface area (Å²) in [7, 11) is 1.43. The lowest BCUT2D eigenvalue weighted by atomic mass is 9.93. The van der Waals surface area contributed by atoms with Gasteiger partial charge in [-0.1, -0.05) is 6.08 Å². The van der Waals surface area contributed by atoms with Crippen molar-refractivity contribution in [3.8, 4) is 0 Å². The van der Waals surface area contributed by atoms with E-state index in [4.69, 9.17) is 14.2 Å². The smallest absolute Gasteiger partial charge is 0.333 e. The van der Waals surface area contributed by atoms with E-state index in [0.29, 0.717) is 5.92 Å². The number of methoxy groups -OCH3 is 1. The Morgan fingerprint density at radius 3 is 2.94 bits per heavy atom. The Balaban J connectivity index is 1.78. The van der Waals surface area contributed by atoms with E-state index in [-0.39, 0.29) is 24.1 Å². The molecule has 0 aromatic carbocycles. The first-order chi connectivity index (χ1) is 8.02. The van der Waals surface area contributed by atoms with E-state index in [1.807, 2.05) is 19.9 Å². The zero-order valence-electron chi connectivity index (χ0n) is 10.4. The predicted molar refractivity (Wildman–Crippen MR) is 60.1 cm³/mol. The molecule has 0 bridgehead atoms. The van der Waals surface area contributed by atoms with Crippen molar-refractivity contribution in [1.29, 1.82) is 0 Å². The number of rotatable bonds is 1. The molecule has 4 heteroatoms. The SMILES string of the molecule is COC(=O)C1=CC[C@H]2[C@@H]3OC(C)(C)O[C@@H]3C[C@@H]12.